The highest BCUT2D eigenvalue weighted by atomic mass is 127. The lowest BCUT2D eigenvalue weighted by Gasteiger charge is -2.38. The molecule has 2 amide bonds. The molecule has 1 aliphatic heterocycles. The second kappa shape index (κ2) is 9.66. The minimum atomic E-state index is -1.46. The second-order valence-corrected chi connectivity index (χ2v) is 9.41. The van der Waals surface area contributed by atoms with Crippen molar-refractivity contribution in [2.75, 3.05) is 10.2 Å². The minimum Gasteiger partial charge on any atom is -0.370 e. The first kappa shape index (κ1) is 24.7. The lowest BCUT2D eigenvalue weighted by atomic mass is 10.0. The molecule has 1 atom stereocenters. The molecule has 3 aromatic rings. The average Bonchev–Trinajstić information content (AvgIpc) is 2.80. The number of rotatable bonds is 6. The molecule has 0 fully saturated rings. The highest BCUT2D eigenvalue weighted by Crippen LogP contribution is 2.39. The molecule has 0 saturated carbocycles. The van der Waals surface area contributed by atoms with Crippen LogP contribution in [-0.2, 0) is 18.3 Å². The van der Waals surface area contributed by atoms with E-state index in [0.717, 1.165) is 5.56 Å². The van der Waals surface area contributed by atoms with Gasteiger partial charge in [-0.25, -0.2) is 4.39 Å². The van der Waals surface area contributed by atoms with E-state index < -0.39 is 29.5 Å². The van der Waals surface area contributed by atoms with Gasteiger partial charge in [0.2, 0.25) is 12.3 Å². The predicted molar refractivity (Wildman–Crippen MR) is 138 cm³/mol. The lowest BCUT2D eigenvalue weighted by Crippen LogP contribution is -2.52. The normalized spacial score (nSPS) is 14.9. The van der Waals surface area contributed by atoms with Crippen molar-refractivity contribution in [2.24, 2.45) is 12.8 Å². The Bertz CT molecular complexity index is 1410. The smallest absolute Gasteiger partial charge is 0.260 e. The van der Waals surface area contributed by atoms with Crippen LogP contribution >= 0.6 is 22.6 Å². The van der Waals surface area contributed by atoms with Crippen molar-refractivity contribution >= 4 is 57.3 Å². The Balaban J connectivity index is 1.89. The van der Waals surface area contributed by atoms with Crippen LogP contribution in [0.5, 0.6) is 0 Å². The number of aromatic nitrogens is 1. The monoisotopic (exact) mass is 591 g/mol. The summed E-state index contributed by atoms with van der Waals surface area (Å²) >= 11 is 1.98. The number of nitrogens with zero attached hydrogens (tertiary/aromatic N) is 2. The Kier molecular flexibility index (Phi) is 6.81. The van der Waals surface area contributed by atoms with Crippen LogP contribution in [0.1, 0.15) is 27.9 Å². The van der Waals surface area contributed by atoms with Gasteiger partial charge in [0.1, 0.15) is 17.2 Å². The molecule has 0 bridgehead atoms. The Morgan fingerprint density at radius 2 is 2.00 bits per heavy atom. The maximum absolute atomic E-state index is 14.6. The zero-order chi connectivity index (χ0) is 25.4. The number of hydrogen-bond donors (Lipinski definition) is 4. The molecule has 0 saturated heterocycles. The largest absolute Gasteiger partial charge is 0.370 e. The third-order valence-electron chi connectivity index (χ3n) is 5.80. The van der Waals surface area contributed by atoms with E-state index in [0.29, 0.717) is 15.7 Å². The van der Waals surface area contributed by atoms with Gasteiger partial charge in [-0.2, -0.15) is 0 Å². The number of benzene rings is 2. The number of pyridine rings is 1. The number of fused-ring (bicyclic) bond motifs is 1. The Labute approximate surface area is 213 Å². The first-order valence-corrected chi connectivity index (χ1v) is 11.8. The molecule has 11 heteroatoms. The quantitative estimate of drug-likeness (QED) is 0.327. The predicted octanol–water partition coefficient (Wildman–Crippen LogP) is 2.76. The topological polar surface area (TPSA) is 130 Å². The van der Waals surface area contributed by atoms with E-state index in [4.69, 9.17) is 5.73 Å². The number of aryl methyl sites for hydroxylation is 1. The molecule has 1 unspecified atom stereocenters. The van der Waals surface area contributed by atoms with E-state index in [9.17, 15) is 23.9 Å². The molecule has 2 aromatic carbocycles. The van der Waals surface area contributed by atoms with Gasteiger partial charge in [-0.15, -0.1) is 0 Å². The molecule has 5 N–H and O–H groups in total. The van der Waals surface area contributed by atoms with Crippen LogP contribution in [0.3, 0.4) is 0 Å². The highest BCUT2D eigenvalue weighted by molar-refractivity contribution is 14.1. The van der Waals surface area contributed by atoms with Gasteiger partial charge in [-0.05, 0) is 71.8 Å². The van der Waals surface area contributed by atoms with Gasteiger partial charge in [-0.3, -0.25) is 23.9 Å². The molecule has 1 aromatic heterocycles. The van der Waals surface area contributed by atoms with Crippen molar-refractivity contribution in [3.63, 3.8) is 0 Å². The van der Waals surface area contributed by atoms with Crippen LogP contribution in [0.25, 0.3) is 0 Å². The second-order valence-electron chi connectivity index (χ2n) is 8.16. The lowest BCUT2D eigenvalue weighted by molar-refractivity contribution is -0.118. The van der Waals surface area contributed by atoms with Crippen LogP contribution in [-0.4, -0.2) is 27.8 Å². The standard InChI is InChI=1S/C24H23FIN5O4/c1-12-20-19(21(30(2)23(12)34)28-17-8-7-14(26)11-16(17)25)22(33)29-24(35)31(20)15-5-3-4-13(10-15)6-9-18(27)32/h3-5,7-8,10-11,24,28,35H,6,9H2,1-2H3,(H2,27,32)(H,29,33). The van der Waals surface area contributed by atoms with E-state index >= 15 is 0 Å². The third kappa shape index (κ3) is 4.73. The summed E-state index contributed by atoms with van der Waals surface area (Å²) in [6.45, 7) is 1.56. The molecule has 182 valence electrons. The van der Waals surface area contributed by atoms with Gasteiger partial charge in [0.05, 0.1) is 11.4 Å². The summed E-state index contributed by atoms with van der Waals surface area (Å²) in [4.78, 5) is 38.9. The van der Waals surface area contributed by atoms with E-state index in [1.54, 1.807) is 31.2 Å². The molecule has 0 radical (unpaired) electrons. The first-order chi connectivity index (χ1) is 16.6. The van der Waals surface area contributed by atoms with Crippen LogP contribution in [0.15, 0.2) is 47.3 Å². The van der Waals surface area contributed by atoms with Gasteiger partial charge in [0.15, 0.2) is 0 Å². The number of aliphatic hydroxyl groups excluding tert-OH is 1. The Morgan fingerprint density at radius 3 is 2.69 bits per heavy atom. The van der Waals surface area contributed by atoms with Crippen molar-refractivity contribution in [1.29, 1.82) is 0 Å². The van der Waals surface area contributed by atoms with Crippen LogP contribution in [0.2, 0.25) is 0 Å². The van der Waals surface area contributed by atoms with Crippen molar-refractivity contribution in [1.82, 2.24) is 9.88 Å². The van der Waals surface area contributed by atoms with Gasteiger partial charge in [0.25, 0.3) is 11.5 Å². The fraction of sp³-hybridized carbons (Fsp3) is 0.208. The highest BCUT2D eigenvalue weighted by Gasteiger charge is 2.36. The fourth-order valence-corrected chi connectivity index (χ4v) is 4.53. The maximum atomic E-state index is 14.6. The SMILES string of the molecule is Cc1c2c(c(Nc3ccc(I)cc3F)n(C)c1=O)C(=O)NC(O)N2c1cccc(CCC(N)=O)c1. The van der Waals surface area contributed by atoms with Crippen molar-refractivity contribution in [3.05, 3.63) is 78.9 Å². The average molecular weight is 591 g/mol. The number of carbonyl (C=O) groups is 2. The molecule has 2 heterocycles. The Morgan fingerprint density at radius 1 is 1.26 bits per heavy atom. The van der Waals surface area contributed by atoms with Crippen molar-refractivity contribution < 1.29 is 19.1 Å². The molecule has 4 rings (SSSR count). The van der Waals surface area contributed by atoms with Crippen LogP contribution in [0, 0.1) is 16.3 Å². The minimum absolute atomic E-state index is 0.0787. The van der Waals surface area contributed by atoms with Gasteiger partial charge >= 0.3 is 0 Å². The zero-order valence-electron chi connectivity index (χ0n) is 18.9. The number of halogens is 2. The summed E-state index contributed by atoms with van der Waals surface area (Å²) in [6.07, 6.45) is -0.926. The molecule has 0 aliphatic carbocycles. The van der Waals surface area contributed by atoms with Crippen LogP contribution < -0.4 is 26.8 Å². The molecule has 35 heavy (non-hydrogen) atoms. The van der Waals surface area contributed by atoms with Gasteiger partial charge in [-0.1, -0.05) is 12.1 Å². The third-order valence-corrected chi connectivity index (χ3v) is 6.47. The number of aliphatic hydroxyl groups is 1. The summed E-state index contributed by atoms with van der Waals surface area (Å²) in [5, 5.41) is 16.2. The number of nitrogens with two attached hydrogens (primary N) is 1. The number of primary amides is 1. The number of nitrogens with one attached hydrogen (secondary N) is 2. The number of carbonyl (C=O) groups excluding carboxylic acids is 2. The van der Waals surface area contributed by atoms with Crippen LogP contribution in [0.4, 0.5) is 27.3 Å². The van der Waals surface area contributed by atoms with E-state index in [1.807, 2.05) is 28.7 Å². The zero-order valence-corrected chi connectivity index (χ0v) is 21.1. The summed E-state index contributed by atoms with van der Waals surface area (Å²) in [6, 6.07) is 11.5. The summed E-state index contributed by atoms with van der Waals surface area (Å²) < 4.78 is 16.5. The fourth-order valence-electron chi connectivity index (χ4n) is 4.08. The van der Waals surface area contributed by atoms with E-state index in [2.05, 4.69) is 10.6 Å². The first-order valence-electron chi connectivity index (χ1n) is 10.7. The molecule has 9 nitrogen and oxygen atoms in total. The van der Waals surface area contributed by atoms with Crippen molar-refractivity contribution in [2.45, 2.75) is 26.1 Å². The Hall–Kier alpha value is -3.45. The molecule has 0 spiro atoms. The molecular weight excluding hydrogens is 568 g/mol. The summed E-state index contributed by atoms with van der Waals surface area (Å²) in [5.41, 5.74) is 6.71. The number of anilines is 4. The van der Waals surface area contributed by atoms with E-state index in [1.165, 1.54) is 28.6 Å². The van der Waals surface area contributed by atoms with Gasteiger partial charge < -0.3 is 21.5 Å². The summed E-state index contributed by atoms with van der Waals surface area (Å²) in [7, 11) is 1.48. The van der Waals surface area contributed by atoms with Crippen molar-refractivity contribution in [3.8, 4) is 0 Å². The molecule has 1 aliphatic rings. The number of amides is 2. The van der Waals surface area contributed by atoms with E-state index in [-0.39, 0.29) is 34.7 Å². The molecular formula is C24H23FIN5O4. The van der Waals surface area contributed by atoms with Gasteiger partial charge in [0, 0.05) is 28.3 Å². The maximum Gasteiger partial charge on any atom is 0.260 e. The number of hydrogen-bond acceptors (Lipinski definition) is 6. The summed E-state index contributed by atoms with van der Waals surface area (Å²) in [5.74, 6) is -1.53.